The quantitative estimate of drug-likeness (QED) is 0.616. The van der Waals surface area contributed by atoms with Gasteiger partial charge in [-0.2, -0.15) is 5.26 Å². The molecule has 0 saturated carbocycles. The average molecular weight is 344 g/mol. The van der Waals surface area contributed by atoms with Crippen LogP contribution in [0.25, 0.3) is 0 Å². The highest BCUT2D eigenvalue weighted by atomic mass is 32.2. The van der Waals surface area contributed by atoms with E-state index in [9.17, 15) is 14.4 Å². The number of amides is 1. The molecule has 1 amide bonds. The number of carbonyl (C=O) groups excluding carboxylic acids is 1. The molecule has 0 saturated heterocycles. The van der Waals surface area contributed by atoms with Gasteiger partial charge in [0.05, 0.1) is 11.4 Å². The molecule has 0 bridgehead atoms. The van der Waals surface area contributed by atoms with E-state index in [-0.39, 0.29) is 17.5 Å². The highest BCUT2D eigenvalue weighted by Gasteiger charge is 2.15. The van der Waals surface area contributed by atoms with Gasteiger partial charge in [0.25, 0.3) is 0 Å². The second-order valence-electron chi connectivity index (χ2n) is 5.31. The number of aromatic nitrogens is 2. The Labute approximate surface area is 144 Å². The maximum atomic E-state index is 12.9. The lowest BCUT2D eigenvalue weighted by Crippen LogP contribution is -2.27. The smallest absolute Gasteiger partial charge is 0.233 e. The van der Waals surface area contributed by atoms with Gasteiger partial charge in [0.1, 0.15) is 28.3 Å². The highest BCUT2D eigenvalue weighted by molar-refractivity contribution is 8.00. The maximum absolute atomic E-state index is 12.9. The minimum Gasteiger partial charge on any atom is -0.341 e. The summed E-state index contributed by atoms with van der Waals surface area (Å²) < 4.78 is 12.9. The molecule has 0 fully saturated rings. The van der Waals surface area contributed by atoms with Crippen molar-refractivity contribution in [2.75, 3.05) is 12.8 Å². The van der Waals surface area contributed by atoms with E-state index in [1.807, 2.05) is 0 Å². The van der Waals surface area contributed by atoms with Crippen LogP contribution >= 0.6 is 11.8 Å². The number of thioether (sulfide) groups is 1. The third-order valence-electron chi connectivity index (χ3n) is 3.37. The Morgan fingerprint density at radius 3 is 2.58 bits per heavy atom. The Morgan fingerprint density at radius 1 is 1.29 bits per heavy atom. The number of halogens is 1. The summed E-state index contributed by atoms with van der Waals surface area (Å²) in [6.07, 6.45) is 0. The number of carbonyl (C=O) groups is 1. The first-order valence-electron chi connectivity index (χ1n) is 7.27. The van der Waals surface area contributed by atoms with Crippen LogP contribution in [0.2, 0.25) is 0 Å². The van der Waals surface area contributed by atoms with Gasteiger partial charge in [0.15, 0.2) is 0 Å². The molecule has 0 radical (unpaired) electrons. The molecular formula is C17H17FN4OS. The molecular weight excluding hydrogens is 327 g/mol. The van der Waals surface area contributed by atoms with E-state index in [2.05, 4.69) is 16.0 Å². The molecule has 1 aromatic heterocycles. The molecule has 0 aliphatic heterocycles. The molecule has 2 aromatic rings. The number of benzene rings is 1. The molecule has 5 nitrogen and oxygen atoms in total. The number of aryl methyl sites for hydroxylation is 2. The van der Waals surface area contributed by atoms with Gasteiger partial charge in [0.2, 0.25) is 5.91 Å². The maximum Gasteiger partial charge on any atom is 0.233 e. The molecule has 124 valence electrons. The van der Waals surface area contributed by atoms with Gasteiger partial charge < -0.3 is 4.90 Å². The number of nitrogens with zero attached hydrogens (tertiary/aromatic N) is 4. The first kappa shape index (κ1) is 17.9. The normalized spacial score (nSPS) is 10.3. The van der Waals surface area contributed by atoms with Gasteiger partial charge in [-0.3, -0.25) is 4.79 Å². The van der Waals surface area contributed by atoms with Crippen molar-refractivity contribution >= 4 is 17.7 Å². The summed E-state index contributed by atoms with van der Waals surface area (Å²) in [5.74, 6) is 0.340. The van der Waals surface area contributed by atoms with E-state index in [1.165, 1.54) is 23.9 Å². The SMILES string of the molecule is Cc1nc(C)c(C#N)c(SCC(=O)N(C)Cc2ccc(F)cc2)n1. The van der Waals surface area contributed by atoms with Gasteiger partial charge in [0, 0.05) is 13.6 Å². The average Bonchev–Trinajstić information content (AvgIpc) is 2.54. The van der Waals surface area contributed by atoms with E-state index in [4.69, 9.17) is 0 Å². The molecule has 0 spiro atoms. The van der Waals surface area contributed by atoms with Crippen LogP contribution in [-0.4, -0.2) is 33.6 Å². The number of hydrogen-bond donors (Lipinski definition) is 0. The van der Waals surface area contributed by atoms with Crippen molar-refractivity contribution in [2.45, 2.75) is 25.4 Å². The summed E-state index contributed by atoms with van der Waals surface area (Å²) in [6, 6.07) is 8.12. The van der Waals surface area contributed by atoms with Crippen molar-refractivity contribution in [3.8, 4) is 6.07 Å². The Balaban J connectivity index is 2.00. The fraction of sp³-hybridized carbons (Fsp3) is 0.294. The molecule has 0 N–H and O–H groups in total. The third kappa shape index (κ3) is 4.52. The Morgan fingerprint density at radius 2 is 1.96 bits per heavy atom. The summed E-state index contributed by atoms with van der Waals surface area (Å²) in [7, 11) is 1.69. The Bertz CT molecular complexity index is 786. The molecule has 7 heteroatoms. The zero-order chi connectivity index (χ0) is 17.7. The third-order valence-corrected chi connectivity index (χ3v) is 4.33. The largest absolute Gasteiger partial charge is 0.341 e. The Kier molecular flexibility index (Phi) is 5.88. The first-order chi connectivity index (χ1) is 11.4. The van der Waals surface area contributed by atoms with Crippen LogP contribution in [0.5, 0.6) is 0 Å². The van der Waals surface area contributed by atoms with E-state index >= 15 is 0 Å². The van der Waals surface area contributed by atoms with Crippen LogP contribution < -0.4 is 0 Å². The second kappa shape index (κ2) is 7.88. The van der Waals surface area contributed by atoms with Crippen molar-refractivity contribution in [3.05, 3.63) is 52.7 Å². The number of rotatable bonds is 5. The van der Waals surface area contributed by atoms with E-state index < -0.39 is 0 Å². The van der Waals surface area contributed by atoms with Gasteiger partial charge in [-0.05, 0) is 31.5 Å². The van der Waals surface area contributed by atoms with Crippen LogP contribution in [-0.2, 0) is 11.3 Å². The van der Waals surface area contributed by atoms with Crippen LogP contribution in [0, 0.1) is 31.0 Å². The lowest BCUT2D eigenvalue weighted by Gasteiger charge is -2.17. The fourth-order valence-electron chi connectivity index (χ4n) is 2.11. The van der Waals surface area contributed by atoms with E-state index in [0.717, 1.165) is 5.56 Å². The minimum absolute atomic E-state index is 0.0952. The summed E-state index contributed by atoms with van der Waals surface area (Å²) in [5, 5.41) is 9.73. The van der Waals surface area contributed by atoms with Gasteiger partial charge >= 0.3 is 0 Å². The standard InChI is InChI=1S/C17H17FN4OS/c1-11-15(8-19)17(21-12(2)20-11)24-10-16(23)22(3)9-13-4-6-14(18)7-5-13/h4-7H,9-10H2,1-3H3. The summed E-state index contributed by atoms with van der Waals surface area (Å²) in [4.78, 5) is 22.2. The topological polar surface area (TPSA) is 69.9 Å². The molecule has 24 heavy (non-hydrogen) atoms. The molecule has 0 atom stereocenters. The van der Waals surface area contributed by atoms with Crippen LogP contribution in [0.4, 0.5) is 4.39 Å². The summed E-state index contributed by atoms with van der Waals surface area (Å²) in [6.45, 7) is 3.90. The van der Waals surface area contributed by atoms with E-state index in [0.29, 0.717) is 28.7 Å². The lowest BCUT2D eigenvalue weighted by atomic mass is 10.2. The molecule has 0 aliphatic carbocycles. The number of nitriles is 1. The lowest BCUT2D eigenvalue weighted by molar-refractivity contribution is -0.127. The van der Waals surface area contributed by atoms with Gasteiger partial charge in [-0.15, -0.1) is 0 Å². The van der Waals surface area contributed by atoms with E-state index in [1.54, 1.807) is 37.9 Å². The minimum atomic E-state index is -0.304. The molecule has 1 aromatic carbocycles. The monoisotopic (exact) mass is 344 g/mol. The molecule has 1 heterocycles. The summed E-state index contributed by atoms with van der Waals surface area (Å²) >= 11 is 1.22. The summed E-state index contributed by atoms with van der Waals surface area (Å²) in [5.41, 5.74) is 1.86. The molecule has 0 aliphatic rings. The predicted molar refractivity (Wildman–Crippen MR) is 89.8 cm³/mol. The highest BCUT2D eigenvalue weighted by Crippen LogP contribution is 2.22. The zero-order valence-corrected chi connectivity index (χ0v) is 14.5. The van der Waals surface area contributed by atoms with Crippen molar-refractivity contribution in [1.82, 2.24) is 14.9 Å². The van der Waals surface area contributed by atoms with Crippen LogP contribution in [0.15, 0.2) is 29.3 Å². The fourth-order valence-corrected chi connectivity index (χ4v) is 3.12. The van der Waals surface area contributed by atoms with Crippen molar-refractivity contribution in [3.63, 3.8) is 0 Å². The number of hydrogen-bond acceptors (Lipinski definition) is 5. The molecule has 2 rings (SSSR count). The van der Waals surface area contributed by atoms with Gasteiger partial charge in [-0.25, -0.2) is 14.4 Å². The Hall–Kier alpha value is -2.46. The molecule has 0 unspecified atom stereocenters. The van der Waals surface area contributed by atoms with Crippen LogP contribution in [0.1, 0.15) is 22.6 Å². The van der Waals surface area contributed by atoms with Crippen molar-refractivity contribution in [2.24, 2.45) is 0 Å². The van der Waals surface area contributed by atoms with Crippen LogP contribution in [0.3, 0.4) is 0 Å². The second-order valence-corrected chi connectivity index (χ2v) is 6.28. The zero-order valence-electron chi connectivity index (χ0n) is 13.7. The van der Waals surface area contributed by atoms with Crippen molar-refractivity contribution < 1.29 is 9.18 Å². The first-order valence-corrected chi connectivity index (χ1v) is 8.26. The van der Waals surface area contributed by atoms with Crippen molar-refractivity contribution in [1.29, 1.82) is 5.26 Å². The predicted octanol–water partition coefficient (Wildman–Crippen LogP) is 2.85. The van der Waals surface area contributed by atoms with Gasteiger partial charge in [-0.1, -0.05) is 23.9 Å².